The van der Waals surface area contributed by atoms with Crippen LogP contribution in [0.25, 0.3) is 10.9 Å². The fraction of sp³-hybridized carbons (Fsp3) is 0.379. The molecule has 0 aliphatic rings. The molecule has 220 valence electrons. The summed E-state index contributed by atoms with van der Waals surface area (Å²) < 4.78 is 26.0. The molecule has 41 heavy (non-hydrogen) atoms. The van der Waals surface area contributed by atoms with Crippen LogP contribution in [0.3, 0.4) is 0 Å². The maximum absolute atomic E-state index is 13.4. The monoisotopic (exact) mass is 583 g/mol. The summed E-state index contributed by atoms with van der Waals surface area (Å²) in [5.41, 5.74) is 6.79. The molecule has 5 N–H and O–H groups in total. The van der Waals surface area contributed by atoms with Crippen LogP contribution in [0.5, 0.6) is 0 Å². The number of sulfonamides is 1. The third kappa shape index (κ3) is 9.62. The van der Waals surface area contributed by atoms with Gasteiger partial charge >= 0.3 is 0 Å². The minimum absolute atomic E-state index is 0.00188. The fourth-order valence-corrected chi connectivity index (χ4v) is 5.35. The van der Waals surface area contributed by atoms with Crippen LogP contribution in [0.4, 0.5) is 0 Å². The number of benzene rings is 2. The summed E-state index contributed by atoms with van der Waals surface area (Å²) in [5, 5.41) is 17.2. The van der Waals surface area contributed by atoms with Gasteiger partial charge in [0.25, 0.3) is 5.91 Å². The molecule has 0 aliphatic carbocycles. The molecule has 0 spiro atoms. The molecule has 0 saturated carbocycles. The smallest absolute Gasteiger partial charge is 0.270 e. The minimum Gasteiger partial charge on any atom is -0.390 e. The predicted octanol–water partition coefficient (Wildman–Crippen LogP) is 1.21. The average molecular weight is 584 g/mol. The first-order chi connectivity index (χ1) is 19.3. The maximum atomic E-state index is 13.4. The quantitative estimate of drug-likeness (QED) is 0.221. The Kier molecular flexibility index (Phi) is 10.9. The number of para-hydroxylation sites is 1. The van der Waals surface area contributed by atoms with E-state index in [1.807, 2.05) is 44.2 Å². The number of hydrogen-bond donors (Lipinski definition) is 4. The lowest BCUT2D eigenvalue weighted by molar-refractivity contribution is -0.128. The van der Waals surface area contributed by atoms with E-state index in [9.17, 15) is 27.9 Å². The molecule has 3 rings (SSSR count). The zero-order valence-corrected chi connectivity index (χ0v) is 24.2. The Balaban J connectivity index is 1.83. The first-order valence-corrected chi connectivity index (χ1v) is 15.1. The second kappa shape index (κ2) is 14.2. The van der Waals surface area contributed by atoms with E-state index in [0.717, 1.165) is 17.2 Å². The van der Waals surface area contributed by atoms with E-state index in [1.165, 1.54) is 10.4 Å². The number of amides is 3. The Bertz CT molecular complexity index is 1460. The molecule has 12 heteroatoms. The molecule has 3 aromatic rings. The van der Waals surface area contributed by atoms with E-state index < -0.39 is 52.4 Å². The summed E-state index contributed by atoms with van der Waals surface area (Å²) in [6, 6.07) is 17.2. The summed E-state index contributed by atoms with van der Waals surface area (Å²) >= 11 is 0. The van der Waals surface area contributed by atoms with Gasteiger partial charge in [0.2, 0.25) is 21.8 Å². The van der Waals surface area contributed by atoms with Crippen molar-refractivity contribution in [2.24, 2.45) is 11.7 Å². The Morgan fingerprint density at radius 3 is 2.24 bits per heavy atom. The van der Waals surface area contributed by atoms with Crippen molar-refractivity contribution in [3.63, 3.8) is 0 Å². The van der Waals surface area contributed by atoms with Crippen LogP contribution in [-0.2, 0) is 26.0 Å². The van der Waals surface area contributed by atoms with Crippen molar-refractivity contribution in [2.75, 3.05) is 19.3 Å². The zero-order chi connectivity index (χ0) is 30.2. The van der Waals surface area contributed by atoms with Crippen molar-refractivity contribution in [2.45, 2.75) is 44.9 Å². The van der Waals surface area contributed by atoms with Crippen molar-refractivity contribution in [1.82, 2.24) is 19.9 Å². The van der Waals surface area contributed by atoms with E-state index in [-0.39, 0.29) is 31.1 Å². The van der Waals surface area contributed by atoms with Crippen LogP contribution in [0, 0.1) is 5.92 Å². The SMILES string of the molecule is CC(C)CN(C[C@H](O)[C@H](Cc1ccccc1)NC(=O)[C@H](CC(N)=O)NC(=O)c1ccc2ccccc2n1)S(C)(=O)=O. The summed E-state index contributed by atoms with van der Waals surface area (Å²) in [6.45, 7) is 3.63. The van der Waals surface area contributed by atoms with E-state index in [1.54, 1.807) is 30.3 Å². The minimum atomic E-state index is -3.65. The normalized spacial score (nSPS) is 14.0. The fourth-order valence-electron chi connectivity index (χ4n) is 4.36. The Morgan fingerprint density at radius 2 is 1.61 bits per heavy atom. The van der Waals surface area contributed by atoms with Gasteiger partial charge in [0, 0.05) is 18.5 Å². The molecule has 0 fully saturated rings. The lowest BCUT2D eigenvalue weighted by Crippen LogP contribution is -2.56. The number of aromatic nitrogens is 1. The molecule has 0 radical (unpaired) electrons. The van der Waals surface area contributed by atoms with E-state index in [4.69, 9.17) is 5.73 Å². The number of primary amides is 1. The van der Waals surface area contributed by atoms with E-state index >= 15 is 0 Å². The first kappa shape index (κ1) is 31.7. The summed E-state index contributed by atoms with van der Waals surface area (Å²) in [6.07, 6.45) is -0.579. The lowest BCUT2D eigenvalue weighted by Gasteiger charge is -2.31. The zero-order valence-electron chi connectivity index (χ0n) is 23.4. The van der Waals surface area contributed by atoms with Crippen molar-refractivity contribution >= 4 is 38.6 Å². The molecule has 11 nitrogen and oxygen atoms in total. The number of carbonyl (C=O) groups excluding carboxylic acids is 3. The van der Waals surface area contributed by atoms with Crippen molar-refractivity contribution in [3.05, 3.63) is 78.0 Å². The van der Waals surface area contributed by atoms with Gasteiger partial charge in [0.1, 0.15) is 11.7 Å². The molecule has 0 aliphatic heterocycles. The summed E-state index contributed by atoms with van der Waals surface area (Å²) in [7, 11) is -3.65. The van der Waals surface area contributed by atoms with Gasteiger partial charge < -0.3 is 21.5 Å². The number of pyridine rings is 1. The Morgan fingerprint density at radius 1 is 0.951 bits per heavy atom. The average Bonchev–Trinajstić information content (AvgIpc) is 2.91. The number of nitrogens with one attached hydrogen (secondary N) is 2. The van der Waals surface area contributed by atoms with Crippen LogP contribution in [0.15, 0.2) is 66.7 Å². The van der Waals surface area contributed by atoms with Crippen molar-refractivity contribution in [3.8, 4) is 0 Å². The molecule has 1 heterocycles. The van der Waals surface area contributed by atoms with Crippen LogP contribution in [0.1, 0.15) is 36.3 Å². The summed E-state index contributed by atoms with van der Waals surface area (Å²) in [4.78, 5) is 42.6. The second-order valence-corrected chi connectivity index (χ2v) is 12.4. The highest BCUT2D eigenvalue weighted by Gasteiger charge is 2.31. The number of hydrogen-bond acceptors (Lipinski definition) is 7. The molecule has 2 aromatic carbocycles. The first-order valence-electron chi connectivity index (χ1n) is 13.3. The number of rotatable bonds is 14. The maximum Gasteiger partial charge on any atom is 0.270 e. The molecular formula is C29H37N5O6S. The van der Waals surface area contributed by atoms with Crippen LogP contribution in [-0.4, -0.2) is 78.1 Å². The molecule has 1 aromatic heterocycles. The Hall–Kier alpha value is -3.87. The van der Waals surface area contributed by atoms with Crippen molar-refractivity contribution in [1.29, 1.82) is 0 Å². The van der Waals surface area contributed by atoms with Crippen LogP contribution < -0.4 is 16.4 Å². The van der Waals surface area contributed by atoms with Crippen molar-refractivity contribution < 1.29 is 27.9 Å². The number of nitrogens with zero attached hydrogens (tertiary/aromatic N) is 2. The van der Waals surface area contributed by atoms with E-state index in [2.05, 4.69) is 15.6 Å². The molecular weight excluding hydrogens is 546 g/mol. The van der Waals surface area contributed by atoms with Gasteiger partial charge in [-0.1, -0.05) is 68.4 Å². The van der Waals surface area contributed by atoms with Gasteiger partial charge in [-0.2, -0.15) is 4.31 Å². The molecule has 0 saturated heterocycles. The number of aliphatic hydroxyl groups excluding tert-OH is 1. The second-order valence-electron chi connectivity index (χ2n) is 10.4. The van der Waals surface area contributed by atoms with Crippen LogP contribution >= 0.6 is 0 Å². The van der Waals surface area contributed by atoms with Gasteiger partial charge in [-0.15, -0.1) is 0 Å². The predicted molar refractivity (Wildman–Crippen MR) is 156 cm³/mol. The number of carbonyl (C=O) groups is 3. The summed E-state index contributed by atoms with van der Waals surface area (Å²) in [5.74, 6) is -2.26. The topological polar surface area (TPSA) is 172 Å². The van der Waals surface area contributed by atoms with Gasteiger partial charge in [0.05, 0.1) is 30.3 Å². The van der Waals surface area contributed by atoms with Gasteiger partial charge in [-0.3, -0.25) is 14.4 Å². The third-order valence-corrected chi connectivity index (χ3v) is 7.61. The van der Waals surface area contributed by atoms with Gasteiger partial charge in [-0.05, 0) is 30.0 Å². The number of fused-ring (bicyclic) bond motifs is 1. The van der Waals surface area contributed by atoms with Gasteiger partial charge in [-0.25, -0.2) is 13.4 Å². The highest BCUT2D eigenvalue weighted by molar-refractivity contribution is 7.88. The van der Waals surface area contributed by atoms with E-state index in [0.29, 0.717) is 5.52 Å². The standard InChI is InChI=1S/C29H37N5O6S/c1-19(2)17-34(41(3,39)40)18-26(35)24(15-20-9-5-4-6-10-20)32-29(38)25(16-27(30)36)33-28(37)23-14-13-21-11-7-8-12-22(21)31-23/h4-14,19,24-26,35H,15-18H2,1-3H3,(H2,30,36)(H,32,38)(H,33,37)/t24-,25-,26-/m0/s1. The third-order valence-electron chi connectivity index (χ3n) is 6.38. The number of nitrogens with two attached hydrogens (primary N) is 1. The molecule has 3 atom stereocenters. The highest BCUT2D eigenvalue weighted by atomic mass is 32.2. The number of aliphatic hydroxyl groups is 1. The lowest BCUT2D eigenvalue weighted by atomic mass is 10.00. The highest BCUT2D eigenvalue weighted by Crippen LogP contribution is 2.14. The molecule has 0 unspecified atom stereocenters. The molecule has 0 bridgehead atoms. The van der Waals surface area contributed by atoms with Gasteiger partial charge in [0.15, 0.2) is 0 Å². The Labute approximate surface area is 240 Å². The molecule has 3 amide bonds. The largest absolute Gasteiger partial charge is 0.390 e. The van der Waals surface area contributed by atoms with Crippen LogP contribution in [0.2, 0.25) is 0 Å².